The Kier molecular flexibility index (Phi) is 5.08. The van der Waals surface area contributed by atoms with Crippen LogP contribution in [0.2, 0.25) is 5.02 Å². The first-order chi connectivity index (χ1) is 12.5. The van der Waals surface area contributed by atoms with Gasteiger partial charge in [0, 0.05) is 38.8 Å². The topological polar surface area (TPSA) is 38.8 Å². The molecular formula is C19H26ClFN4O. The van der Waals surface area contributed by atoms with Gasteiger partial charge >= 0.3 is 6.03 Å². The Morgan fingerprint density at radius 3 is 2.46 bits per heavy atom. The van der Waals surface area contributed by atoms with Crippen molar-refractivity contribution in [1.29, 1.82) is 0 Å². The predicted octanol–water partition coefficient (Wildman–Crippen LogP) is 3.03. The number of fused-ring (bicyclic) bond motifs is 3. The number of piperidine rings is 3. The first kappa shape index (κ1) is 18.0. The number of aryl methyl sites for hydroxylation is 1. The number of urea groups is 1. The Bertz CT molecular complexity index is 684. The number of amides is 2. The van der Waals surface area contributed by atoms with Gasteiger partial charge in [-0.3, -0.25) is 4.90 Å². The van der Waals surface area contributed by atoms with E-state index in [-0.39, 0.29) is 16.9 Å². The monoisotopic (exact) mass is 380 g/mol. The third-order valence-corrected chi connectivity index (χ3v) is 6.49. The van der Waals surface area contributed by atoms with Crippen LogP contribution in [0.4, 0.5) is 14.9 Å². The van der Waals surface area contributed by atoms with Crippen molar-refractivity contribution >= 4 is 23.3 Å². The Hall–Kier alpha value is -1.37. The smallest absolute Gasteiger partial charge is 0.321 e. The molecule has 5 rings (SSSR count). The average Bonchev–Trinajstić information content (AvgIpc) is 2.67. The lowest BCUT2D eigenvalue weighted by atomic mass is 9.83. The van der Waals surface area contributed by atoms with Crippen LogP contribution >= 0.6 is 11.6 Å². The van der Waals surface area contributed by atoms with E-state index in [2.05, 4.69) is 15.1 Å². The highest BCUT2D eigenvalue weighted by Gasteiger charge is 2.38. The third kappa shape index (κ3) is 3.55. The molecule has 1 atom stereocenters. The van der Waals surface area contributed by atoms with Crippen LogP contribution in [-0.2, 0) is 0 Å². The van der Waals surface area contributed by atoms with Crippen LogP contribution in [0.15, 0.2) is 12.1 Å². The second kappa shape index (κ2) is 7.33. The number of hydrogen-bond acceptors (Lipinski definition) is 3. The van der Waals surface area contributed by atoms with E-state index in [1.165, 1.54) is 38.5 Å². The summed E-state index contributed by atoms with van der Waals surface area (Å²) in [4.78, 5) is 19.5. The van der Waals surface area contributed by atoms with Crippen molar-refractivity contribution in [2.75, 3.05) is 51.1 Å². The van der Waals surface area contributed by atoms with Crippen molar-refractivity contribution < 1.29 is 9.18 Å². The van der Waals surface area contributed by atoms with E-state index in [0.717, 1.165) is 19.0 Å². The number of nitrogens with zero attached hydrogens (tertiary/aromatic N) is 3. The maximum absolute atomic E-state index is 13.5. The van der Waals surface area contributed by atoms with Crippen LogP contribution < -0.4 is 5.32 Å². The highest BCUT2D eigenvalue weighted by Crippen LogP contribution is 2.31. The molecule has 4 aliphatic rings. The molecule has 0 saturated carbocycles. The molecule has 7 heteroatoms. The highest BCUT2D eigenvalue weighted by atomic mass is 35.5. The molecule has 1 N–H and O–H groups in total. The van der Waals surface area contributed by atoms with E-state index in [0.29, 0.717) is 30.4 Å². The lowest BCUT2D eigenvalue weighted by Crippen LogP contribution is -2.61. The first-order valence-electron chi connectivity index (χ1n) is 9.49. The number of halogens is 2. The molecule has 5 nitrogen and oxygen atoms in total. The van der Waals surface area contributed by atoms with Crippen LogP contribution in [-0.4, -0.2) is 72.6 Å². The van der Waals surface area contributed by atoms with Gasteiger partial charge in [0.1, 0.15) is 5.82 Å². The Balaban J connectivity index is 1.33. The van der Waals surface area contributed by atoms with Crippen molar-refractivity contribution in [3.63, 3.8) is 0 Å². The summed E-state index contributed by atoms with van der Waals surface area (Å²) in [5, 5.41) is 3.06. The van der Waals surface area contributed by atoms with Crippen LogP contribution in [0.1, 0.15) is 18.4 Å². The SMILES string of the molecule is Cc1cc(NC(=O)N2CCN(C3CN4CCC3CC4)CC2)c(Cl)cc1F. The van der Waals surface area contributed by atoms with Crippen molar-refractivity contribution in [1.82, 2.24) is 14.7 Å². The standard InChI is InChI=1S/C19H26ClFN4O/c1-13-10-17(15(20)11-16(13)21)22-19(26)25-8-6-24(7-9-25)18-12-23-4-2-14(18)3-5-23/h10-11,14,18H,2-9,12H2,1H3,(H,22,26). The predicted molar refractivity (Wildman–Crippen MR) is 101 cm³/mol. The normalized spacial score (nSPS) is 29.0. The molecule has 4 aliphatic heterocycles. The molecule has 0 radical (unpaired) electrons. The second-order valence-electron chi connectivity index (χ2n) is 7.74. The van der Waals surface area contributed by atoms with E-state index < -0.39 is 0 Å². The molecule has 2 bridgehead atoms. The second-order valence-corrected chi connectivity index (χ2v) is 8.15. The average molecular weight is 381 g/mol. The van der Waals surface area contributed by atoms with Gasteiger partial charge in [0.2, 0.25) is 0 Å². The number of carbonyl (C=O) groups excluding carboxylic acids is 1. The molecule has 4 heterocycles. The number of benzene rings is 1. The van der Waals surface area contributed by atoms with Crippen molar-refractivity contribution in [3.05, 3.63) is 28.5 Å². The summed E-state index contributed by atoms with van der Waals surface area (Å²) < 4.78 is 13.5. The van der Waals surface area contributed by atoms with Crippen LogP contribution in [0, 0.1) is 18.7 Å². The van der Waals surface area contributed by atoms with Gasteiger partial charge in [-0.25, -0.2) is 9.18 Å². The first-order valence-corrected chi connectivity index (χ1v) is 9.87. The number of anilines is 1. The molecule has 1 unspecified atom stereocenters. The van der Waals surface area contributed by atoms with E-state index in [1.807, 2.05) is 4.90 Å². The number of hydrogen-bond donors (Lipinski definition) is 1. The van der Waals surface area contributed by atoms with E-state index in [9.17, 15) is 9.18 Å². The van der Waals surface area contributed by atoms with Crippen LogP contribution in [0.5, 0.6) is 0 Å². The number of nitrogens with one attached hydrogen (secondary N) is 1. The van der Waals surface area contributed by atoms with Gasteiger partial charge in [0.05, 0.1) is 10.7 Å². The molecule has 1 aromatic carbocycles. The lowest BCUT2D eigenvalue weighted by Gasteiger charge is -2.50. The molecular weight excluding hydrogens is 355 g/mol. The van der Waals surface area contributed by atoms with E-state index in [4.69, 9.17) is 11.6 Å². The van der Waals surface area contributed by atoms with Crippen molar-refractivity contribution in [2.24, 2.45) is 5.92 Å². The van der Waals surface area contributed by atoms with E-state index >= 15 is 0 Å². The summed E-state index contributed by atoms with van der Waals surface area (Å²) in [6.07, 6.45) is 2.63. The molecule has 2 amide bonds. The van der Waals surface area contributed by atoms with Gasteiger partial charge in [-0.05, 0) is 56.5 Å². The molecule has 4 saturated heterocycles. The Morgan fingerprint density at radius 2 is 1.85 bits per heavy atom. The fraction of sp³-hybridized carbons (Fsp3) is 0.632. The number of rotatable bonds is 2. The van der Waals surface area contributed by atoms with Crippen LogP contribution in [0.3, 0.4) is 0 Å². The summed E-state index contributed by atoms with van der Waals surface area (Å²) in [5.41, 5.74) is 0.937. The molecule has 4 fully saturated rings. The zero-order chi connectivity index (χ0) is 18.3. The molecule has 1 aromatic rings. The van der Waals surface area contributed by atoms with E-state index in [1.54, 1.807) is 13.0 Å². The van der Waals surface area contributed by atoms with Crippen molar-refractivity contribution in [2.45, 2.75) is 25.8 Å². The third-order valence-electron chi connectivity index (χ3n) is 6.18. The zero-order valence-electron chi connectivity index (χ0n) is 15.2. The number of piperazine rings is 1. The summed E-state index contributed by atoms with van der Waals surface area (Å²) in [7, 11) is 0. The zero-order valence-corrected chi connectivity index (χ0v) is 15.9. The van der Waals surface area contributed by atoms with Gasteiger partial charge in [-0.2, -0.15) is 0 Å². The van der Waals surface area contributed by atoms with Crippen LogP contribution in [0.25, 0.3) is 0 Å². The molecule has 142 valence electrons. The Morgan fingerprint density at radius 1 is 1.15 bits per heavy atom. The quantitative estimate of drug-likeness (QED) is 0.857. The summed E-state index contributed by atoms with van der Waals surface area (Å²) in [6, 6.07) is 3.32. The highest BCUT2D eigenvalue weighted by molar-refractivity contribution is 6.33. The molecule has 0 aliphatic carbocycles. The van der Waals surface area contributed by atoms with Gasteiger partial charge in [-0.15, -0.1) is 0 Å². The molecule has 26 heavy (non-hydrogen) atoms. The maximum atomic E-state index is 13.5. The fourth-order valence-corrected chi connectivity index (χ4v) is 4.75. The maximum Gasteiger partial charge on any atom is 0.321 e. The Labute approximate surface area is 159 Å². The van der Waals surface area contributed by atoms with Gasteiger partial charge in [-0.1, -0.05) is 11.6 Å². The molecule has 0 aromatic heterocycles. The van der Waals surface area contributed by atoms with Gasteiger partial charge in [0.15, 0.2) is 0 Å². The minimum absolute atomic E-state index is 0.161. The van der Waals surface area contributed by atoms with Crippen molar-refractivity contribution in [3.8, 4) is 0 Å². The molecule has 0 spiro atoms. The minimum Gasteiger partial charge on any atom is -0.322 e. The summed E-state index contributed by atoms with van der Waals surface area (Å²) in [6.45, 7) is 8.61. The largest absolute Gasteiger partial charge is 0.322 e. The van der Waals surface area contributed by atoms with Gasteiger partial charge in [0.25, 0.3) is 0 Å². The summed E-state index contributed by atoms with van der Waals surface area (Å²) >= 11 is 6.06. The van der Waals surface area contributed by atoms with Gasteiger partial charge < -0.3 is 15.1 Å². The minimum atomic E-state index is -0.362. The lowest BCUT2D eigenvalue weighted by molar-refractivity contribution is -0.00971. The number of carbonyl (C=O) groups is 1. The summed E-state index contributed by atoms with van der Waals surface area (Å²) in [5.74, 6) is 0.459. The fourth-order valence-electron chi connectivity index (χ4n) is 4.55.